The van der Waals surface area contributed by atoms with Crippen molar-refractivity contribution in [2.45, 2.75) is 65.2 Å². The van der Waals surface area contributed by atoms with Crippen LogP contribution < -0.4 is 9.80 Å². The lowest BCUT2D eigenvalue weighted by Gasteiger charge is -2.26. The Morgan fingerprint density at radius 2 is 0.962 bits per heavy atom. The molecule has 0 radical (unpaired) electrons. The number of carbonyl (C=O) groups is 3. The number of nitrogens with zero attached hydrogens (tertiary/aromatic N) is 2. The summed E-state index contributed by atoms with van der Waals surface area (Å²) in [6, 6.07) is 25.8. The van der Waals surface area contributed by atoms with Gasteiger partial charge in [-0.25, -0.2) is 0 Å². The van der Waals surface area contributed by atoms with Crippen LogP contribution in [0.3, 0.4) is 0 Å². The lowest BCUT2D eigenvalue weighted by Crippen LogP contribution is -2.41. The van der Waals surface area contributed by atoms with Gasteiger partial charge in [-0.15, -0.1) is 0 Å². The normalized spacial score (nSPS) is 25.6. The van der Waals surface area contributed by atoms with Crippen LogP contribution in [0.25, 0.3) is 21.5 Å². The van der Waals surface area contributed by atoms with Crippen LogP contribution in [0.4, 0.5) is 11.4 Å². The highest BCUT2D eigenvalue weighted by Crippen LogP contribution is 2.52. The lowest BCUT2D eigenvalue weighted by atomic mass is 9.74. The van der Waals surface area contributed by atoms with E-state index in [1.54, 1.807) is 13.8 Å². The summed E-state index contributed by atoms with van der Waals surface area (Å²) in [5.41, 5.74) is 9.51. The molecule has 0 spiro atoms. The van der Waals surface area contributed by atoms with Crippen molar-refractivity contribution in [2.75, 3.05) is 23.9 Å². The zero-order valence-corrected chi connectivity index (χ0v) is 31.4. The van der Waals surface area contributed by atoms with Crippen LogP contribution in [0.15, 0.2) is 131 Å². The molecule has 2 heterocycles. The van der Waals surface area contributed by atoms with Gasteiger partial charge in [0, 0.05) is 47.7 Å². The number of benzene rings is 4. The number of Topliss-reactive ketones (excluding diaryl/α,β-unsaturated/α-hetero) is 3. The Morgan fingerprint density at radius 3 is 1.38 bits per heavy atom. The van der Waals surface area contributed by atoms with E-state index in [0.717, 1.165) is 22.5 Å². The molecule has 8 rings (SSSR count). The van der Waals surface area contributed by atoms with Gasteiger partial charge in [-0.1, -0.05) is 101 Å². The van der Waals surface area contributed by atoms with Crippen LogP contribution in [0, 0.1) is 11.8 Å². The van der Waals surface area contributed by atoms with Gasteiger partial charge in [-0.05, 0) is 100 Å². The molecule has 0 amide bonds. The zero-order chi connectivity index (χ0) is 36.9. The van der Waals surface area contributed by atoms with Crippen molar-refractivity contribution >= 4 is 50.3 Å². The minimum atomic E-state index is -0.847. The second-order valence-corrected chi connectivity index (χ2v) is 16.0. The molecule has 4 aliphatic rings. The Labute approximate surface area is 306 Å². The third kappa shape index (κ3) is 4.78. The van der Waals surface area contributed by atoms with Crippen molar-refractivity contribution in [3.63, 3.8) is 0 Å². The summed E-state index contributed by atoms with van der Waals surface area (Å²) in [6.07, 6.45) is 9.99. The average molecular weight is 687 g/mol. The van der Waals surface area contributed by atoms with Crippen molar-refractivity contribution < 1.29 is 14.4 Å². The third-order valence-electron chi connectivity index (χ3n) is 12.4. The van der Waals surface area contributed by atoms with Gasteiger partial charge < -0.3 is 9.80 Å². The van der Waals surface area contributed by atoms with Gasteiger partial charge in [0.2, 0.25) is 0 Å². The fraction of sp³-hybridized carbons (Fsp3) is 0.298. The maximum Gasteiger partial charge on any atom is 0.177 e. The number of rotatable bonds is 2. The fourth-order valence-corrected chi connectivity index (χ4v) is 9.56. The van der Waals surface area contributed by atoms with Crippen molar-refractivity contribution in [1.82, 2.24) is 0 Å². The van der Waals surface area contributed by atoms with E-state index in [1.807, 2.05) is 0 Å². The molecule has 2 atom stereocenters. The minimum Gasteiger partial charge on any atom is -0.347 e. The molecule has 2 aliphatic heterocycles. The molecule has 2 unspecified atom stereocenters. The molecular weight excluding hydrogens is 641 g/mol. The molecule has 5 nitrogen and oxygen atoms in total. The number of hydrogen-bond acceptors (Lipinski definition) is 5. The molecule has 52 heavy (non-hydrogen) atoms. The van der Waals surface area contributed by atoms with Crippen LogP contribution in [-0.4, -0.2) is 31.4 Å². The number of hydrogen-bond donors (Lipinski definition) is 0. The van der Waals surface area contributed by atoms with Crippen LogP contribution >= 0.6 is 0 Å². The largest absolute Gasteiger partial charge is 0.347 e. The topological polar surface area (TPSA) is 57.7 Å². The zero-order valence-electron chi connectivity index (χ0n) is 31.4. The first-order valence-electron chi connectivity index (χ1n) is 18.5. The summed E-state index contributed by atoms with van der Waals surface area (Å²) in [4.78, 5) is 45.4. The first-order chi connectivity index (χ1) is 24.7. The number of allylic oxidation sites excluding steroid dienone is 10. The molecule has 2 aliphatic carbocycles. The summed E-state index contributed by atoms with van der Waals surface area (Å²) in [6.45, 7) is 12.4. The van der Waals surface area contributed by atoms with E-state index < -0.39 is 11.8 Å². The summed E-state index contributed by atoms with van der Waals surface area (Å²) >= 11 is 0. The van der Waals surface area contributed by atoms with E-state index in [1.165, 1.54) is 44.0 Å². The molecule has 0 aromatic heterocycles. The Hall–Kier alpha value is -5.29. The number of likely N-dealkylation sites (N-methyl/N-ethyl adjacent to an activating group) is 2. The Morgan fingerprint density at radius 1 is 0.558 bits per heavy atom. The quantitative estimate of drug-likeness (QED) is 0.119. The van der Waals surface area contributed by atoms with Gasteiger partial charge in [-0.3, -0.25) is 14.4 Å². The second-order valence-electron chi connectivity index (χ2n) is 16.0. The summed E-state index contributed by atoms with van der Waals surface area (Å²) in [7, 11) is 4.23. The predicted octanol–water partition coefficient (Wildman–Crippen LogP) is 9.85. The molecule has 4 aromatic rings. The summed E-state index contributed by atoms with van der Waals surface area (Å²) in [5, 5.41) is 4.92. The molecule has 2 fully saturated rings. The smallest absolute Gasteiger partial charge is 0.177 e. The van der Waals surface area contributed by atoms with Crippen molar-refractivity contribution in [1.29, 1.82) is 0 Å². The second kappa shape index (κ2) is 11.9. The Bertz CT molecular complexity index is 2270. The maximum atomic E-state index is 13.9. The number of anilines is 2. The fourth-order valence-electron chi connectivity index (χ4n) is 9.56. The van der Waals surface area contributed by atoms with Crippen LogP contribution in [-0.2, 0) is 25.2 Å². The number of carbonyl (C=O) groups excluding carboxylic acids is 3. The van der Waals surface area contributed by atoms with Crippen LogP contribution in [0.1, 0.15) is 65.5 Å². The third-order valence-corrected chi connectivity index (χ3v) is 12.4. The highest BCUT2D eigenvalue weighted by Gasteiger charge is 2.45. The van der Waals surface area contributed by atoms with E-state index >= 15 is 0 Å². The number of fused-ring (bicyclic) bond motifs is 6. The lowest BCUT2D eigenvalue weighted by molar-refractivity contribution is -0.140. The van der Waals surface area contributed by atoms with Gasteiger partial charge in [0.05, 0.1) is 17.4 Å². The monoisotopic (exact) mass is 686 g/mol. The minimum absolute atomic E-state index is 0.188. The first kappa shape index (κ1) is 33.8. The van der Waals surface area contributed by atoms with E-state index in [2.05, 4.69) is 149 Å². The van der Waals surface area contributed by atoms with Gasteiger partial charge in [0.1, 0.15) is 0 Å². The molecule has 2 saturated carbocycles. The van der Waals surface area contributed by atoms with Crippen molar-refractivity contribution in [3.05, 3.63) is 142 Å². The van der Waals surface area contributed by atoms with Crippen LogP contribution in [0.5, 0.6) is 0 Å². The Kier molecular flexibility index (Phi) is 7.73. The van der Waals surface area contributed by atoms with E-state index in [0.29, 0.717) is 18.4 Å². The molecular formula is C47H46N2O3. The standard InChI is InChI=1S/C47H46N2O3/c1-27-43(50)28(2)45(52)40(44(27)51)39-31(21-25-37-46(3,4)41-33-15-11-9-13-29(33)19-23-35(41)48(37)7)17-18-32(39)22-26-38-47(5,6)42-34-16-12-10-14-30(34)20-24-36(42)49(38)8/h9-16,19-28H,17-18H2,1-8H3. The van der Waals surface area contributed by atoms with Crippen molar-refractivity contribution in [2.24, 2.45) is 11.8 Å². The molecule has 4 aromatic carbocycles. The maximum absolute atomic E-state index is 13.9. The predicted molar refractivity (Wildman–Crippen MR) is 213 cm³/mol. The van der Waals surface area contributed by atoms with E-state index in [-0.39, 0.29) is 33.8 Å². The van der Waals surface area contributed by atoms with Gasteiger partial charge in [-0.2, -0.15) is 0 Å². The SMILES string of the molecule is CC1C(=O)C(=C2C(=CC=C3N(C)c4ccc5ccccc5c4C3(C)C)CCC2=CC=C2N(C)c3ccc4ccccc4c3C2(C)C)C(=O)C(C)C1=O. The average Bonchev–Trinajstić information content (AvgIpc) is 3.68. The highest BCUT2D eigenvalue weighted by molar-refractivity contribution is 6.35. The highest BCUT2D eigenvalue weighted by atomic mass is 16.2. The molecule has 262 valence electrons. The van der Waals surface area contributed by atoms with Crippen molar-refractivity contribution in [3.8, 4) is 0 Å². The first-order valence-corrected chi connectivity index (χ1v) is 18.5. The van der Waals surface area contributed by atoms with Gasteiger partial charge in [0.15, 0.2) is 17.3 Å². The van der Waals surface area contributed by atoms with Gasteiger partial charge >= 0.3 is 0 Å². The molecule has 0 N–H and O–H groups in total. The molecule has 5 heteroatoms. The van der Waals surface area contributed by atoms with Gasteiger partial charge in [0.25, 0.3) is 0 Å². The molecule has 0 bridgehead atoms. The number of ketones is 3. The summed E-state index contributed by atoms with van der Waals surface area (Å²) in [5.74, 6) is -2.72. The van der Waals surface area contributed by atoms with Crippen LogP contribution in [0.2, 0.25) is 0 Å². The van der Waals surface area contributed by atoms with E-state index in [4.69, 9.17) is 0 Å². The Balaban J connectivity index is 1.26. The summed E-state index contributed by atoms with van der Waals surface area (Å²) < 4.78 is 0. The van der Waals surface area contributed by atoms with E-state index in [9.17, 15) is 14.4 Å². The molecule has 0 saturated heterocycles.